The molecule has 0 atom stereocenters. The third kappa shape index (κ3) is 6.83. The van der Waals surface area contributed by atoms with Gasteiger partial charge in [0, 0.05) is 32.4 Å². The van der Waals surface area contributed by atoms with Crippen molar-refractivity contribution in [2.45, 2.75) is 19.5 Å². The van der Waals surface area contributed by atoms with Crippen LogP contribution in [0, 0.1) is 11.3 Å². The van der Waals surface area contributed by atoms with E-state index in [0.29, 0.717) is 16.1 Å². The fourth-order valence-corrected chi connectivity index (χ4v) is 2.36. The van der Waals surface area contributed by atoms with Gasteiger partial charge in [0.2, 0.25) is 5.95 Å². The first-order chi connectivity index (χ1) is 11.7. The molecule has 0 bridgehead atoms. The molecule has 11 heteroatoms. The summed E-state index contributed by atoms with van der Waals surface area (Å²) in [5.41, 5.74) is 0.399. The summed E-state index contributed by atoms with van der Waals surface area (Å²) >= 11 is 3.27. The van der Waals surface area contributed by atoms with E-state index in [0.717, 1.165) is 32.7 Å². The molecule has 7 nitrogen and oxygen atoms in total. The average Bonchev–Trinajstić information content (AvgIpc) is 2.56. The average molecular weight is 424 g/mol. The van der Waals surface area contributed by atoms with Crippen molar-refractivity contribution in [2.24, 2.45) is 0 Å². The Balaban J connectivity index is 0.000000381. The lowest BCUT2D eigenvalue weighted by Crippen LogP contribution is -2.47. The van der Waals surface area contributed by atoms with Crippen molar-refractivity contribution >= 4 is 27.8 Å². The van der Waals surface area contributed by atoms with E-state index < -0.39 is 12.1 Å². The molecule has 1 aliphatic rings. The zero-order chi connectivity index (χ0) is 19.0. The minimum absolute atomic E-state index is 0.399. The van der Waals surface area contributed by atoms with Crippen molar-refractivity contribution in [3.63, 3.8) is 0 Å². The number of rotatable bonds is 3. The van der Waals surface area contributed by atoms with Crippen molar-refractivity contribution in [1.29, 1.82) is 5.26 Å². The molecule has 1 N–H and O–H groups in total. The van der Waals surface area contributed by atoms with Crippen LogP contribution >= 0.6 is 15.9 Å². The molecular formula is C14H17BrF3N5O2. The number of hydrogen-bond acceptors (Lipinski definition) is 6. The molecule has 0 radical (unpaired) electrons. The summed E-state index contributed by atoms with van der Waals surface area (Å²) < 4.78 is 32.4. The largest absolute Gasteiger partial charge is 0.490 e. The van der Waals surface area contributed by atoms with Crippen molar-refractivity contribution < 1.29 is 23.1 Å². The molecule has 1 aromatic heterocycles. The lowest BCUT2D eigenvalue weighted by atomic mass is 10.3. The van der Waals surface area contributed by atoms with Gasteiger partial charge in [0.05, 0.1) is 4.47 Å². The van der Waals surface area contributed by atoms with Crippen LogP contribution in [0.4, 0.5) is 19.1 Å². The Morgan fingerprint density at radius 3 is 2.40 bits per heavy atom. The number of alkyl halides is 3. The predicted octanol–water partition coefficient (Wildman–Crippen LogP) is 2.28. The van der Waals surface area contributed by atoms with Gasteiger partial charge in [-0.3, -0.25) is 4.90 Å². The monoisotopic (exact) mass is 423 g/mol. The Hall–Kier alpha value is -1.93. The van der Waals surface area contributed by atoms with Gasteiger partial charge in [0.15, 0.2) is 5.69 Å². The summed E-state index contributed by atoms with van der Waals surface area (Å²) in [5.74, 6) is -2.10. The van der Waals surface area contributed by atoms with Crippen LogP contribution in [0.1, 0.15) is 19.0 Å². The number of halogens is 4. The first kappa shape index (κ1) is 21.1. The number of anilines is 1. The molecular weight excluding hydrogens is 407 g/mol. The number of aromatic nitrogens is 2. The van der Waals surface area contributed by atoms with Gasteiger partial charge in [-0.15, -0.1) is 0 Å². The third-order valence-electron chi connectivity index (χ3n) is 3.27. The Labute approximate surface area is 151 Å². The zero-order valence-electron chi connectivity index (χ0n) is 13.4. The Morgan fingerprint density at radius 2 is 1.96 bits per heavy atom. The number of aliphatic carboxylic acids is 1. The molecule has 0 unspecified atom stereocenters. The highest BCUT2D eigenvalue weighted by atomic mass is 79.9. The highest BCUT2D eigenvalue weighted by Crippen LogP contribution is 2.17. The minimum Gasteiger partial charge on any atom is -0.475 e. The molecule has 2 rings (SSSR count). The van der Waals surface area contributed by atoms with Crippen LogP contribution in [0.2, 0.25) is 0 Å². The normalized spacial score (nSPS) is 15.1. The van der Waals surface area contributed by atoms with Gasteiger partial charge in [0.25, 0.3) is 0 Å². The summed E-state index contributed by atoms with van der Waals surface area (Å²) in [4.78, 5) is 22.0. The van der Waals surface area contributed by atoms with Crippen molar-refractivity contribution in [3.8, 4) is 6.07 Å². The molecule has 0 amide bonds. The standard InChI is InChI=1S/C12H16BrN5.C2HF3O2/c1-2-3-17-4-6-18(7-5-17)12-15-9-10(13)11(8-14)16-12;3-2(4,5)1(6)7/h9H,2-7H2,1H3;(H,6,7). The first-order valence-corrected chi connectivity index (χ1v) is 8.18. The maximum absolute atomic E-state index is 10.6. The van der Waals surface area contributed by atoms with Gasteiger partial charge >= 0.3 is 12.1 Å². The fraction of sp³-hybridized carbons (Fsp3) is 0.571. The van der Waals surface area contributed by atoms with Gasteiger partial charge in [-0.1, -0.05) is 6.92 Å². The summed E-state index contributed by atoms with van der Waals surface area (Å²) in [6, 6.07) is 2.07. The predicted molar refractivity (Wildman–Crippen MR) is 87.1 cm³/mol. The van der Waals surface area contributed by atoms with E-state index in [-0.39, 0.29) is 0 Å². The number of carbonyl (C=O) groups is 1. The molecule has 1 fully saturated rings. The quantitative estimate of drug-likeness (QED) is 0.796. The molecule has 138 valence electrons. The molecule has 2 heterocycles. The molecule has 0 aliphatic carbocycles. The number of piperazine rings is 1. The van der Waals surface area contributed by atoms with E-state index >= 15 is 0 Å². The van der Waals surface area contributed by atoms with E-state index in [4.69, 9.17) is 15.2 Å². The molecule has 1 aliphatic heterocycles. The van der Waals surface area contributed by atoms with Gasteiger partial charge in [-0.25, -0.2) is 14.8 Å². The second-order valence-electron chi connectivity index (χ2n) is 5.11. The fourth-order valence-electron chi connectivity index (χ4n) is 2.08. The number of carboxylic acids is 1. The zero-order valence-corrected chi connectivity index (χ0v) is 15.0. The lowest BCUT2D eigenvalue weighted by molar-refractivity contribution is -0.192. The third-order valence-corrected chi connectivity index (χ3v) is 3.86. The maximum Gasteiger partial charge on any atom is 0.490 e. The van der Waals surface area contributed by atoms with Crippen LogP contribution < -0.4 is 4.90 Å². The summed E-state index contributed by atoms with van der Waals surface area (Å²) in [7, 11) is 0. The minimum atomic E-state index is -5.08. The van der Waals surface area contributed by atoms with Gasteiger partial charge in [0.1, 0.15) is 6.07 Å². The van der Waals surface area contributed by atoms with Crippen molar-refractivity contribution in [2.75, 3.05) is 37.6 Å². The second kappa shape index (κ2) is 9.53. The van der Waals surface area contributed by atoms with E-state index in [1.54, 1.807) is 6.20 Å². The Bertz CT molecular complexity index is 628. The molecule has 1 saturated heterocycles. The molecule has 1 aromatic rings. The molecule has 0 spiro atoms. The van der Waals surface area contributed by atoms with Crippen molar-refractivity contribution in [1.82, 2.24) is 14.9 Å². The summed E-state index contributed by atoms with van der Waals surface area (Å²) in [5, 5.41) is 16.1. The molecule has 25 heavy (non-hydrogen) atoms. The molecule has 0 saturated carbocycles. The Morgan fingerprint density at radius 1 is 1.40 bits per heavy atom. The number of nitriles is 1. The van der Waals surface area contributed by atoms with Crippen LogP contribution in [0.5, 0.6) is 0 Å². The van der Waals surface area contributed by atoms with Crippen LogP contribution in [0.15, 0.2) is 10.7 Å². The second-order valence-corrected chi connectivity index (χ2v) is 5.96. The SMILES string of the molecule is CCCN1CCN(c2ncc(Br)c(C#N)n2)CC1.O=C(O)C(F)(F)F. The van der Waals surface area contributed by atoms with Gasteiger partial charge in [-0.05, 0) is 28.9 Å². The van der Waals surface area contributed by atoms with Crippen molar-refractivity contribution in [3.05, 3.63) is 16.4 Å². The topological polar surface area (TPSA) is 93.4 Å². The molecule has 0 aromatic carbocycles. The smallest absolute Gasteiger partial charge is 0.475 e. The van der Waals surface area contributed by atoms with Crippen LogP contribution in [-0.4, -0.2) is 64.8 Å². The van der Waals surface area contributed by atoms with E-state index in [1.165, 1.54) is 6.42 Å². The Kier molecular flexibility index (Phi) is 8.05. The van der Waals surface area contributed by atoms with Crippen LogP contribution in [0.25, 0.3) is 0 Å². The highest BCUT2D eigenvalue weighted by Gasteiger charge is 2.38. The first-order valence-electron chi connectivity index (χ1n) is 7.39. The van der Waals surface area contributed by atoms with Gasteiger partial charge < -0.3 is 10.0 Å². The maximum atomic E-state index is 10.6. The number of carboxylic acid groups (broad SMARTS) is 1. The number of hydrogen-bond donors (Lipinski definition) is 1. The summed E-state index contributed by atoms with van der Waals surface area (Å²) in [6.07, 6.45) is -2.24. The van der Waals surface area contributed by atoms with E-state index in [9.17, 15) is 13.2 Å². The lowest BCUT2D eigenvalue weighted by Gasteiger charge is -2.34. The van der Waals surface area contributed by atoms with E-state index in [1.807, 2.05) is 0 Å². The van der Waals surface area contributed by atoms with Crippen LogP contribution in [-0.2, 0) is 4.79 Å². The summed E-state index contributed by atoms with van der Waals surface area (Å²) in [6.45, 7) is 7.27. The van der Waals surface area contributed by atoms with Gasteiger partial charge in [-0.2, -0.15) is 18.4 Å². The highest BCUT2D eigenvalue weighted by molar-refractivity contribution is 9.10. The van der Waals surface area contributed by atoms with Crippen LogP contribution in [0.3, 0.4) is 0 Å². The van der Waals surface area contributed by atoms with E-state index in [2.05, 4.69) is 48.7 Å². The number of nitrogens with zero attached hydrogens (tertiary/aromatic N) is 5.